The van der Waals surface area contributed by atoms with Crippen LogP contribution in [0.1, 0.15) is 51.5 Å². The van der Waals surface area contributed by atoms with Crippen molar-refractivity contribution in [1.82, 2.24) is 15.5 Å². The number of hydrogen-bond acceptors (Lipinski definition) is 4. The number of aromatic nitrogens is 2. The van der Waals surface area contributed by atoms with Gasteiger partial charge in [-0.25, -0.2) is 0 Å². The predicted octanol–water partition coefficient (Wildman–Crippen LogP) is 5.19. The summed E-state index contributed by atoms with van der Waals surface area (Å²) >= 11 is 5.94. The molecule has 0 unspecified atom stereocenters. The molecule has 36 heavy (non-hydrogen) atoms. The highest BCUT2D eigenvalue weighted by atomic mass is 35.5. The van der Waals surface area contributed by atoms with E-state index in [1.165, 1.54) is 5.56 Å². The minimum atomic E-state index is -0.504. The molecular formula is C29H28ClN3O3. The lowest BCUT2D eigenvalue weighted by Gasteiger charge is -2.23. The van der Waals surface area contributed by atoms with E-state index in [-0.39, 0.29) is 17.7 Å². The molecule has 2 heterocycles. The maximum absolute atomic E-state index is 13.5. The molecule has 4 aromatic rings. The van der Waals surface area contributed by atoms with E-state index in [1.807, 2.05) is 36.4 Å². The van der Waals surface area contributed by atoms with Crippen molar-refractivity contribution in [2.75, 3.05) is 13.2 Å². The smallest absolute Gasteiger partial charge is 0.276 e. The molecule has 0 saturated carbocycles. The van der Waals surface area contributed by atoms with Crippen molar-refractivity contribution in [3.8, 4) is 0 Å². The van der Waals surface area contributed by atoms with Gasteiger partial charge in [0.2, 0.25) is 5.43 Å². The minimum absolute atomic E-state index is 0.130. The summed E-state index contributed by atoms with van der Waals surface area (Å²) < 4.78 is 5.55. The van der Waals surface area contributed by atoms with E-state index >= 15 is 0 Å². The molecule has 0 spiro atoms. The fraction of sp³-hybridized carbons (Fsp3) is 0.276. The largest absolute Gasteiger partial charge is 0.381 e. The van der Waals surface area contributed by atoms with Crippen LogP contribution in [-0.2, 0) is 24.1 Å². The Hall–Kier alpha value is -3.48. The van der Waals surface area contributed by atoms with Crippen LogP contribution in [0, 0.1) is 0 Å². The van der Waals surface area contributed by atoms with Crippen molar-refractivity contribution in [3.63, 3.8) is 0 Å². The Balaban J connectivity index is 1.47. The number of rotatable bonds is 7. The Morgan fingerprint density at radius 1 is 1.00 bits per heavy atom. The number of carbonyl (C=O) groups is 1. The van der Waals surface area contributed by atoms with Crippen molar-refractivity contribution < 1.29 is 9.53 Å². The van der Waals surface area contributed by atoms with Gasteiger partial charge in [0.15, 0.2) is 5.69 Å². The van der Waals surface area contributed by atoms with Gasteiger partial charge >= 0.3 is 0 Å². The van der Waals surface area contributed by atoms with Crippen LogP contribution in [-0.4, -0.2) is 29.3 Å². The SMILES string of the molecule is O=C(NCc1ccc(Cl)cc1)c1n[nH]c2c(CCc3ccccc3)cc(C3CCOCC3)cc2c1=O. The van der Waals surface area contributed by atoms with Crippen molar-refractivity contribution in [2.24, 2.45) is 0 Å². The second kappa shape index (κ2) is 11.1. The lowest BCUT2D eigenvalue weighted by Crippen LogP contribution is -2.30. The number of hydrogen-bond donors (Lipinski definition) is 2. The maximum atomic E-state index is 13.5. The maximum Gasteiger partial charge on any atom is 0.276 e. The zero-order valence-corrected chi connectivity index (χ0v) is 20.7. The third-order valence-electron chi connectivity index (χ3n) is 6.78. The molecular weight excluding hydrogens is 474 g/mol. The summed E-state index contributed by atoms with van der Waals surface area (Å²) in [6, 6.07) is 21.6. The van der Waals surface area contributed by atoms with Crippen LogP contribution < -0.4 is 10.7 Å². The molecule has 0 radical (unpaired) electrons. The number of aryl methyl sites for hydroxylation is 2. The third-order valence-corrected chi connectivity index (χ3v) is 7.03. The lowest BCUT2D eigenvalue weighted by atomic mass is 9.88. The number of ether oxygens (including phenoxy) is 1. The quantitative estimate of drug-likeness (QED) is 0.365. The van der Waals surface area contributed by atoms with Crippen LogP contribution in [0.5, 0.6) is 0 Å². The molecule has 6 nitrogen and oxygen atoms in total. The molecule has 1 fully saturated rings. The van der Waals surface area contributed by atoms with Gasteiger partial charge in [0, 0.05) is 24.8 Å². The number of fused-ring (bicyclic) bond motifs is 1. The normalized spacial score (nSPS) is 14.1. The molecule has 184 valence electrons. The van der Waals surface area contributed by atoms with Gasteiger partial charge in [0.05, 0.1) is 10.9 Å². The monoisotopic (exact) mass is 501 g/mol. The number of nitrogens with zero attached hydrogens (tertiary/aromatic N) is 1. The fourth-order valence-corrected chi connectivity index (χ4v) is 4.86. The highest BCUT2D eigenvalue weighted by Gasteiger charge is 2.21. The van der Waals surface area contributed by atoms with Crippen LogP contribution in [0.2, 0.25) is 5.02 Å². The van der Waals surface area contributed by atoms with Gasteiger partial charge < -0.3 is 10.1 Å². The highest BCUT2D eigenvalue weighted by molar-refractivity contribution is 6.30. The Labute approximate surface area is 214 Å². The molecule has 7 heteroatoms. The van der Waals surface area contributed by atoms with Crippen molar-refractivity contribution in [2.45, 2.75) is 38.1 Å². The Morgan fingerprint density at radius 3 is 2.50 bits per heavy atom. The van der Waals surface area contributed by atoms with Crippen LogP contribution in [0.25, 0.3) is 10.9 Å². The first-order valence-corrected chi connectivity index (χ1v) is 12.7. The Morgan fingerprint density at radius 2 is 1.75 bits per heavy atom. The second-order valence-electron chi connectivity index (χ2n) is 9.19. The molecule has 0 aliphatic carbocycles. The predicted molar refractivity (Wildman–Crippen MR) is 142 cm³/mol. The van der Waals surface area contributed by atoms with Crippen molar-refractivity contribution >= 4 is 28.4 Å². The highest BCUT2D eigenvalue weighted by Crippen LogP contribution is 2.30. The lowest BCUT2D eigenvalue weighted by molar-refractivity contribution is 0.0853. The number of H-pyrrole nitrogens is 1. The van der Waals surface area contributed by atoms with Gasteiger partial charge in [0.25, 0.3) is 5.91 Å². The topological polar surface area (TPSA) is 84.1 Å². The second-order valence-corrected chi connectivity index (χ2v) is 9.62. The molecule has 0 bridgehead atoms. The average molecular weight is 502 g/mol. The number of halogens is 1. The van der Waals surface area contributed by atoms with E-state index in [1.54, 1.807) is 12.1 Å². The number of aromatic amines is 1. The summed E-state index contributed by atoms with van der Waals surface area (Å²) in [4.78, 5) is 26.4. The minimum Gasteiger partial charge on any atom is -0.381 e. The molecule has 1 aliphatic rings. The van der Waals surface area contributed by atoms with Crippen molar-refractivity contribution in [1.29, 1.82) is 0 Å². The number of amides is 1. The molecule has 5 rings (SSSR count). The summed E-state index contributed by atoms with van der Waals surface area (Å²) in [5.41, 5.74) is 4.49. The number of nitrogens with one attached hydrogen (secondary N) is 2. The van der Waals surface area contributed by atoms with Gasteiger partial charge in [-0.15, -0.1) is 0 Å². The summed E-state index contributed by atoms with van der Waals surface area (Å²) in [6.45, 7) is 1.71. The fourth-order valence-electron chi connectivity index (χ4n) is 4.74. The first-order valence-electron chi connectivity index (χ1n) is 12.3. The summed E-state index contributed by atoms with van der Waals surface area (Å²) in [5.74, 6) is -0.177. The van der Waals surface area contributed by atoms with Gasteiger partial charge in [-0.2, -0.15) is 5.10 Å². The molecule has 1 aromatic heterocycles. The molecule has 3 aromatic carbocycles. The van der Waals surface area contributed by atoms with E-state index in [4.69, 9.17) is 16.3 Å². The van der Waals surface area contributed by atoms with E-state index < -0.39 is 5.91 Å². The third kappa shape index (κ3) is 5.50. The number of benzene rings is 3. The van der Waals surface area contributed by atoms with E-state index in [0.29, 0.717) is 35.1 Å². The number of carbonyl (C=O) groups excluding carboxylic acids is 1. The van der Waals surface area contributed by atoms with Gasteiger partial charge in [0.1, 0.15) is 0 Å². The van der Waals surface area contributed by atoms with Crippen LogP contribution in [0.4, 0.5) is 0 Å². The van der Waals surface area contributed by atoms with E-state index in [2.05, 4.69) is 33.7 Å². The summed E-state index contributed by atoms with van der Waals surface area (Å²) in [6.07, 6.45) is 3.44. The standard InChI is InChI=1S/C29H28ClN3O3/c30-24-10-7-20(8-11-24)18-31-29(35)27-28(34)25-17-23(21-12-14-36-15-13-21)16-22(26(25)32-33-27)9-6-19-4-2-1-3-5-19/h1-5,7-8,10-11,16-17,21H,6,9,12-15,18H2,(H,31,35)(H,32,34). The molecule has 1 aliphatic heterocycles. The summed E-state index contributed by atoms with van der Waals surface area (Å²) in [7, 11) is 0. The van der Waals surface area contributed by atoms with Gasteiger partial charge in [-0.1, -0.05) is 60.1 Å². The van der Waals surface area contributed by atoms with Gasteiger partial charge in [-0.3, -0.25) is 14.7 Å². The van der Waals surface area contributed by atoms with Crippen molar-refractivity contribution in [3.05, 3.63) is 110 Å². The zero-order chi connectivity index (χ0) is 24.9. The van der Waals surface area contributed by atoms with Crippen LogP contribution >= 0.6 is 11.6 Å². The molecule has 1 saturated heterocycles. The summed E-state index contributed by atoms with van der Waals surface area (Å²) in [5, 5.41) is 11.2. The molecule has 0 atom stereocenters. The zero-order valence-electron chi connectivity index (χ0n) is 19.9. The first-order chi connectivity index (χ1) is 17.6. The Kier molecular flexibility index (Phi) is 7.44. The van der Waals surface area contributed by atoms with E-state index in [9.17, 15) is 9.59 Å². The van der Waals surface area contributed by atoms with Crippen LogP contribution in [0.3, 0.4) is 0 Å². The molecule has 2 N–H and O–H groups in total. The first kappa shape index (κ1) is 24.2. The molecule has 1 amide bonds. The Bertz CT molecular complexity index is 1410. The van der Waals surface area contributed by atoms with E-state index in [0.717, 1.165) is 42.4 Å². The van der Waals surface area contributed by atoms with Gasteiger partial charge in [-0.05, 0) is 72.1 Å². The van der Waals surface area contributed by atoms with Crippen LogP contribution in [0.15, 0.2) is 71.5 Å². The average Bonchev–Trinajstić information content (AvgIpc) is 2.92.